The third-order valence-electron chi connectivity index (χ3n) is 4.50. The van der Waals surface area contributed by atoms with Crippen LogP contribution in [-0.4, -0.2) is 41.9 Å². The van der Waals surface area contributed by atoms with Gasteiger partial charge in [-0.1, -0.05) is 38.1 Å². The minimum absolute atomic E-state index is 0.680. The van der Waals surface area contributed by atoms with E-state index in [-0.39, 0.29) is 0 Å². The number of aliphatic imine (C=N–C) groups is 1. The zero-order valence-corrected chi connectivity index (χ0v) is 14.1. The molecule has 1 aliphatic rings. The second-order valence-corrected chi connectivity index (χ2v) is 5.95. The third kappa shape index (κ3) is 4.73. The van der Waals surface area contributed by atoms with Crippen LogP contribution in [-0.2, 0) is 13.1 Å². The first-order valence-electron chi connectivity index (χ1n) is 8.58. The van der Waals surface area contributed by atoms with E-state index in [2.05, 4.69) is 52.9 Å². The Balaban J connectivity index is 2.02. The summed E-state index contributed by atoms with van der Waals surface area (Å²) in [4.78, 5) is 9.29. The van der Waals surface area contributed by atoms with Gasteiger partial charge < -0.3 is 10.6 Å². The fourth-order valence-corrected chi connectivity index (χ4v) is 2.94. The van der Waals surface area contributed by atoms with Gasteiger partial charge in [0.15, 0.2) is 5.96 Å². The van der Waals surface area contributed by atoms with E-state index in [1.54, 1.807) is 0 Å². The third-order valence-corrected chi connectivity index (χ3v) is 4.50. The van der Waals surface area contributed by atoms with Gasteiger partial charge in [0.25, 0.3) is 0 Å². The molecule has 0 aliphatic carbocycles. The van der Waals surface area contributed by atoms with Crippen molar-refractivity contribution in [2.45, 2.75) is 46.2 Å². The van der Waals surface area contributed by atoms with Crippen molar-refractivity contribution in [1.82, 2.24) is 9.80 Å². The largest absolute Gasteiger partial charge is 0.370 e. The molecule has 0 atom stereocenters. The number of rotatable bonds is 6. The molecule has 22 heavy (non-hydrogen) atoms. The Morgan fingerprint density at radius 1 is 1.09 bits per heavy atom. The highest BCUT2D eigenvalue weighted by atomic mass is 15.2. The van der Waals surface area contributed by atoms with Crippen LogP contribution >= 0.6 is 0 Å². The van der Waals surface area contributed by atoms with Crippen LogP contribution in [0.15, 0.2) is 29.3 Å². The molecule has 1 aromatic rings. The highest BCUT2D eigenvalue weighted by molar-refractivity contribution is 5.78. The van der Waals surface area contributed by atoms with Gasteiger partial charge in [0.2, 0.25) is 0 Å². The first kappa shape index (κ1) is 16.8. The fourth-order valence-electron chi connectivity index (χ4n) is 2.94. The van der Waals surface area contributed by atoms with Gasteiger partial charge >= 0.3 is 0 Å². The molecule has 122 valence electrons. The zero-order chi connectivity index (χ0) is 15.8. The number of benzene rings is 1. The van der Waals surface area contributed by atoms with Crippen LogP contribution < -0.4 is 5.73 Å². The number of guanidine groups is 1. The lowest BCUT2D eigenvalue weighted by molar-refractivity contribution is 0.295. The number of piperidine rings is 1. The molecule has 2 rings (SSSR count). The molecule has 0 aromatic heterocycles. The molecular weight excluding hydrogens is 272 g/mol. The van der Waals surface area contributed by atoms with Crippen molar-refractivity contribution in [3.8, 4) is 0 Å². The van der Waals surface area contributed by atoms with Crippen LogP contribution in [0.5, 0.6) is 0 Å². The molecule has 0 unspecified atom stereocenters. The van der Waals surface area contributed by atoms with Crippen LogP contribution in [0.25, 0.3) is 0 Å². The fraction of sp³-hybridized carbons (Fsp3) is 0.611. The Hall–Kier alpha value is -1.55. The molecular formula is C18H30N4. The van der Waals surface area contributed by atoms with E-state index >= 15 is 0 Å². The summed E-state index contributed by atoms with van der Waals surface area (Å²) in [5.74, 6) is 0.706. The summed E-state index contributed by atoms with van der Waals surface area (Å²) in [7, 11) is 0. The summed E-state index contributed by atoms with van der Waals surface area (Å²) in [6.07, 6.45) is 3.78. The summed E-state index contributed by atoms with van der Waals surface area (Å²) in [6.45, 7) is 10.3. The summed E-state index contributed by atoms with van der Waals surface area (Å²) in [5.41, 5.74) is 8.81. The lowest BCUT2D eigenvalue weighted by Gasteiger charge is -2.27. The molecule has 4 heteroatoms. The van der Waals surface area contributed by atoms with Gasteiger partial charge in [0.1, 0.15) is 0 Å². The van der Waals surface area contributed by atoms with E-state index in [0.29, 0.717) is 12.5 Å². The molecule has 1 saturated heterocycles. The molecule has 0 radical (unpaired) electrons. The highest BCUT2D eigenvalue weighted by Gasteiger charge is 2.12. The zero-order valence-electron chi connectivity index (χ0n) is 14.1. The van der Waals surface area contributed by atoms with E-state index in [0.717, 1.165) is 32.7 Å². The van der Waals surface area contributed by atoms with Gasteiger partial charge in [0, 0.05) is 19.6 Å². The molecule has 2 N–H and O–H groups in total. The Labute approximate surface area is 135 Å². The average molecular weight is 302 g/mol. The van der Waals surface area contributed by atoms with Gasteiger partial charge in [-0.2, -0.15) is 0 Å². The number of nitrogens with two attached hydrogens (primary N) is 1. The van der Waals surface area contributed by atoms with Crippen LogP contribution in [0.2, 0.25) is 0 Å². The van der Waals surface area contributed by atoms with E-state index in [4.69, 9.17) is 5.73 Å². The van der Waals surface area contributed by atoms with Crippen LogP contribution in [0, 0.1) is 0 Å². The maximum atomic E-state index is 6.17. The lowest BCUT2D eigenvalue weighted by atomic mass is 10.1. The Morgan fingerprint density at radius 3 is 2.36 bits per heavy atom. The average Bonchev–Trinajstić information content (AvgIpc) is 2.59. The summed E-state index contributed by atoms with van der Waals surface area (Å²) in [5, 5.41) is 0. The lowest BCUT2D eigenvalue weighted by Crippen LogP contribution is -2.40. The summed E-state index contributed by atoms with van der Waals surface area (Å²) in [6, 6.07) is 8.58. The van der Waals surface area contributed by atoms with Crippen LogP contribution in [0.4, 0.5) is 0 Å². The number of hydrogen-bond acceptors (Lipinski definition) is 2. The smallest absolute Gasteiger partial charge is 0.191 e. The molecule has 1 aliphatic heterocycles. The molecule has 1 heterocycles. The predicted molar refractivity (Wildman–Crippen MR) is 93.8 cm³/mol. The van der Waals surface area contributed by atoms with Crippen LogP contribution in [0.3, 0.4) is 0 Å². The Kier molecular flexibility index (Phi) is 6.72. The molecule has 0 amide bonds. The van der Waals surface area contributed by atoms with Gasteiger partial charge in [-0.15, -0.1) is 0 Å². The Bertz CT molecular complexity index is 474. The second-order valence-electron chi connectivity index (χ2n) is 5.95. The van der Waals surface area contributed by atoms with E-state index in [9.17, 15) is 0 Å². The second kappa shape index (κ2) is 8.79. The van der Waals surface area contributed by atoms with E-state index in [1.807, 2.05) is 0 Å². The normalized spacial score (nSPS) is 16.3. The summed E-state index contributed by atoms with van der Waals surface area (Å²) < 4.78 is 0. The SMILES string of the molecule is CCN(CC)Cc1ccccc1CN=C(N)N1CCCCC1. The van der Waals surface area contributed by atoms with Crippen molar-refractivity contribution < 1.29 is 0 Å². The monoisotopic (exact) mass is 302 g/mol. The van der Waals surface area contributed by atoms with Crippen molar-refractivity contribution in [2.75, 3.05) is 26.2 Å². The molecule has 1 fully saturated rings. The van der Waals surface area contributed by atoms with Gasteiger partial charge in [-0.3, -0.25) is 4.90 Å². The van der Waals surface area contributed by atoms with Crippen molar-refractivity contribution in [1.29, 1.82) is 0 Å². The van der Waals surface area contributed by atoms with Crippen molar-refractivity contribution in [2.24, 2.45) is 10.7 Å². The van der Waals surface area contributed by atoms with Gasteiger partial charge in [-0.05, 0) is 43.5 Å². The van der Waals surface area contributed by atoms with Crippen LogP contribution in [0.1, 0.15) is 44.2 Å². The van der Waals surface area contributed by atoms with Crippen molar-refractivity contribution >= 4 is 5.96 Å². The maximum absolute atomic E-state index is 6.17. The molecule has 0 spiro atoms. The van der Waals surface area contributed by atoms with Crippen molar-refractivity contribution in [3.63, 3.8) is 0 Å². The quantitative estimate of drug-likeness (QED) is 0.649. The minimum Gasteiger partial charge on any atom is -0.370 e. The van der Waals surface area contributed by atoms with Crippen molar-refractivity contribution in [3.05, 3.63) is 35.4 Å². The van der Waals surface area contributed by atoms with Gasteiger partial charge in [-0.25, -0.2) is 4.99 Å². The molecule has 1 aromatic carbocycles. The van der Waals surface area contributed by atoms with E-state index < -0.39 is 0 Å². The first-order valence-corrected chi connectivity index (χ1v) is 8.58. The number of hydrogen-bond donors (Lipinski definition) is 1. The summed E-state index contributed by atoms with van der Waals surface area (Å²) >= 11 is 0. The van der Waals surface area contributed by atoms with E-state index in [1.165, 1.54) is 30.4 Å². The topological polar surface area (TPSA) is 44.9 Å². The number of likely N-dealkylation sites (tertiary alicyclic amines) is 1. The first-order chi connectivity index (χ1) is 10.7. The number of nitrogens with zero attached hydrogens (tertiary/aromatic N) is 3. The minimum atomic E-state index is 0.680. The highest BCUT2D eigenvalue weighted by Crippen LogP contribution is 2.14. The molecule has 4 nitrogen and oxygen atoms in total. The standard InChI is InChI=1S/C18H30N4/c1-3-21(4-2)15-17-11-7-6-10-16(17)14-20-18(19)22-12-8-5-9-13-22/h6-7,10-11H,3-5,8-9,12-15H2,1-2H3,(H2,19,20). The van der Waals surface area contributed by atoms with Gasteiger partial charge in [0.05, 0.1) is 6.54 Å². The molecule has 0 saturated carbocycles. The Morgan fingerprint density at radius 2 is 1.73 bits per heavy atom. The predicted octanol–water partition coefficient (Wildman–Crippen LogP) is 2.83. The maximum Gasteiger partial charge on any atom is 0.191 e. The molecule has 0 bridgehead atoms.